The van der Waals surface area contributed by atoms with Crippen LogP contribution in [-0.4, -0.2) is 13.7 Å². The third kappa shape index (κ3) is 2.39. The minimum atomic E-state index is 0.0140. The van der Waals surface area contributed by atoms with E-state index in [0.29, 0.717) is 6.61 Å². The second-order valence-electron chi connectivity index (χ2n) is 3.13. The van der Waals surface area contributed by atoms with Gasteiger partial charge in [0.1, 0.15) is 0 Å². The fourth-order valence-electron chi connectivity index (χ4n) is 1.24. The van der Waals surface area contributed by atoms with E-state index in [1.165, 1.54) is 0 Å². The second kappa shape index (κ2) is 4.86. The number of nitrogens with two attached hydrogens (primary N) is 1. The molecule has 78 valence electrons. The molecule has 3 nitrogen and oxygen atoms in total. The first-order chi connectivity index (χ1) is 6.69. The lowest BCUT2D eigenvalue weighted by atomic mass is 10.1. The molecular formula is C11H17NO2. The van der Waals surface area contributed by atoms with Gasteiger partial charge in [-0.3, -0.25) is 0 Å². The van der Waals surface area contributed by atoms with Gasteiger partial charge in [0.15, 0.2) is 11.5 Å². The molecule has 0 aromatic heterocycles. The van der Waals surface area contributed by atoms with Crippen LogP contribution in [0.25, 0.3) is 0 Å². The zero-order chi connectivity index (χ0) is 10.6. The first-order valence-electron chi connectivity index (χ1n) is 4.75. The highest BCUT2D eigenvalue weighted by Crippen LogP contribution is 2.29. The molecule has 2 N–H and O–H groups in total. The van der Waals surface area contributed by atoms with Gasteiger partial charge in [-0.05, 0) is 31.5 Å². The van der Waals surface area contributed by atoms with E-state index in [1.807, 2.05) is 32.0 Å². The maximum Gasteiger partial charge on any atom is 0.161 e. The Labute approximate surface area is 84.8 Å². The summed E-state index contributed by atoms with van der Waals surface area (Å²) in [6, 6.07) is 5.77. The van der Waals surface area contributed by atoms with Crippen LogP contribution < -0.4 is 15.2 Å². The Morgan fingerprint density at radius 1 is 1.36 bits per heavy atom. The topological polar surface area (TPSA) is 44.5 Å². The van der Waals surface area contributed by atoms with E-state index in [4.69, 9.17) is 15.2 Å². The largest absolute Gasteiger partial charge is 0.493 e. The van der Waals surface area contributed by atoms with E-state index < -0.39 is 0 Å². The molecule has 0 aliphatic heterocycles. The van der Waals surface area contributed by atoms with Crippen LogP contribution in [0.5, 0.6) is 11.5 Å². The van der Waals surface area contributed by atoms with Gasteiger partial charge in [0, 0.05) is 6.04 Å². The summed E-state index contributed by atoms with van der Waals surface area (Å²) in [4.78, 5) is 0. The van der Waals surface area contributed by atoms with Crippen molar-refractivity contribution < 1.29 is 9.47 Å². The van der Waals surface area contributed by atoms with Crippen molar-refractivity contribution >= 4 is 0 Å². The molecule has 1 rings (SSSR count). The number of hydrogen-bond acceptors (Lipinski definition) is 3. The van der Waals surface area contributed by atoms with E-state index in [9.17, 15) is 0 Å². The highest BCUT2D eigenvalue weighted by molar-refractivity contribution is 5.43. The summed E-state index contributed by atoms with van der Waals surface area (Å²) in [6.07, 6.45) is 0. The zero-order valence-corrected chi connectivity index (χ0v) is 8.91. The van der Waals surface area contributed by atoms with Gasteiger partial charge in [-0.2, -0.15) is 0 Å². The molecule has 0 saturated carbocycles. The highest BCUT2D eigenvalue weighted by atomic mass is 16.5. The van der Waals surface area contributed by atoms with Gasteiger partial charge in [0.05, 0.1) is 13.7 Å². The Balaban J connectivity index is 3.01. The van der Waals surface area contributed by atoms with Gasteiger partial charge >= 0.3 is 0 Å². The molecule has 1 aromatic carbocycles. The Hall–Kier alpha value is -1.22. The standard InChI is InChI=1S/C11H17NO2/c1-4-14-11-7-9(8(2)12)5-6-10(11)13-3/h5-8H,4,12H2,1-3H3/t8-/m1/s1. The molecule has 0 fully saturated rings. The third-order valence-corrected chi connectivity index (χ3v) is 2.01. The lowest BCUT2D eigenvalue weighted by Gasteiger charge is -2.12. The first-order valence-corrected chi connectivity index (χ1v) is 4.75. The molecule has 0 amide bonds. The summed E-state index contributed by atoms with van der Waals surface area (Å²) in [5.74, 6) is 1.50. The Kier molecular flexibility index (Phi) is 3.77. The molecular weight excluding hydrogens is 178 g/mol. The summed E-state index contributed by atoms with van der Waals surface area (Å²) in [7, 11) is 1.63. The smallest absolute Gasteiger partial charge is 0.161 e. The highest BCUT2D eigenvalue weighted by Gasteiger charge is 2.07. The minimum Gasteiger partial charge on any atom is -0.493 e. The van der Waals surface area contributed by atoms with Crippen LogP contribution in [0, 0.1) is 0 Å². The molecule has 0 unspecified atom stereocenters. The maximum absolute atomic E-state index is 5.77. The fraction of sp³-hybridized carbons (Fsp3) is 0.455. The van der Waals surface area contributed by atoms with Crippen LogP contribution in [-0.2, 0) is 0 Å². The van der Waals surface area contributed by atoms with Crippen molar-refractivity contribution in [3.05, 3.63) is 23.8 Å². The van der Waals surface area contributed by atoms with Crippen LogP contribution >= 0.6 is 0 Å². The molecule has 0 heterocycles. The summed E-state index contributed by atoms with van der Waals surface area (Å²) >= 11 is 0. The number of hydrogen-bond donors (Lipinski definition) is 1. The van der Waals surface area contributed by atoms with E-state index >= 15 is 0 Å². The van der Waals surface area contributed by atoms with Gasteiger partial charge < -0.3 is 15.2 Å². The molecule has 0 saturated heterocycles. The predicted molar refractivity (Wildman–Crippen MR) is 56.8 cm³/mol. The van der Waals surface area contributed by atoms with Gasteiger partial charge in [0.2, 0.25) is 0 Å². The van der Waals surface area contributed by atoms with Crippen LogP contribution in [0.15, 0.2) is 18.2 Å². The molecule has 14 heavy (non-hydrogen) atoms. The molecule has 0 aliphatic carbocycles. The van der Waals surface area contributed by atoms with Crippen LogP contribution in [0.2, 0.25) is 0 Å². The summed E-state index contributed by atoms with van der Waals surface area (Å²) in [6.45, 7) is 4.51. The number of methoxy groups -OCH3 is 1. The van der Waals surface area contributed by atoms with E-state index in [0.717, 1.165) is 17.1 Å². The SMILES string of the molecule is CCOc1cc([C@@H](C)N)ccc1OC. The lowest BCUT2D eigenvalue weighted by molar-refractivity contribution is 0.310. The molecule has 0 spiro atoms. The summed E-state index contributed by atoms with van der Waals surface area (Å²) in [5, 5.41) is 0. The average molecular weight is 195 g/mol. The normalized spacial score (nSPS) is 12.3. The molecule has 1 atom stereocenters. The van der Waals surface area contributed by atoms with Crippen molar-refractivity contribution in [3.8, 4) is 11.5 Å². The zero-order valence-electron chi connectivity index (χ0n) is 8.91. The monoisotopic (exact) mass is 195 g/mol. The van der Waals surface area contributed by atoms with Crippen LogP contribution in [0.1, 0.15) is 25.5 Å². The van der Waals surface area contributed by atoms with Crippen molar-refractivity contribution in [1.29, 1.82) is 0 Å². The third-order valence-electron chi connectivity index (χ3n) is 2.01. The van der Waals surface area contributed by atoms with Crippen LogP contribution in [0.3, 0.4) is 0 Å². The van der Waals surface area contributed by atoms with E-state index in [2.05, 4.69) is 0 Å². The van der Waals surface area contributed by atoms with Crippen molar-refractivity contribution in [2.75, 3.05) is 13.7 Å². The maximum atomic E-state index is 5.77. The predicted octanol–water partition coefficient (Wildman–Crippen LogP) is 2.11. The molecule has 0 radical (unpaired) electrons. The summed E-state index contributed by atoms with van der Waals surface area (Å²) < 4.78 is 10.6. The van der Waals surface area contributed by atoms with Gasteiger partial charge in [-0.15, -0.1) is 0 Å². The van der Waals surface area contributed by atoms with E-state index in [-0.39, 0.29) is 6.04 Å². The minimum absolute atomic E-state index is 0.0140. The second-order valence-corrected chi connectivity index (χ2v) is 3.13. The average Bonchev–Trinajstić information content (AvgIpc) is 2.18. The van der Waals surface area contributed by atoms with Gasteiger partial charge in [-0.25, -0.2) is 0 Å². The number of rotatable bonds is 4. The van der Waals surface area contributed by atoms with Crippen molar-refractivity contribution in [1.82, 2.24) is 0 Å². The Morgan fingerprint density at radius 2 is 2.07 bits per heavy atom. The molecule has 1 aromatic rings. The summed E-state index contributed by atoms with van der Waals surface area (Å²) in [5.41, 5.74) is 6.82. The van der Waals surface area contributed by atoms with E-state index in [1.54, 1.807) is 7.11 Å². The number of ether oxygens (including phenoxy) is 2. The Morgan fingerprint density at radius 3 is 2.57 bits per heavy atom. The van der Waals surface area contributed by atoms with Crippen molar-refractivity contribution in [3.63, 3.8) is 0 Å². The lowest BCUT2D eigenvalue weighted by Crippen LogP contribution is -2.05. The Bertz CT molecular complexity index is 297. The fourth-order valence-corrected chi connectivity index (χ4v) is 1.24. The number of benzene rings is 1. The molecule has 3 heteroatoms. The van der Waals surface area contributed by atoms with Crippen molar-refractivity contribution in [2.45, 2.75) is 19.9 Å². The van der Waals surface area contributed by atoms with Gasteiger partial charge in [0.25, 0.3) is 0 Å². The van der Waals surface area contributed by atoms with Crippen molar-refractivity contribution in [2.24, 2.45) is 5.73 Å². The van der Waals surface area contributed by atoms with Gasteiger partial charge in [-0.1, -0.05) is 6.07 Å². The first kappa shape index (κ1) is 10.9. The molecule has 0 bridgehead atoms. The molecule has 0 aliphatic rings. The van der Waals surface area contributed by atoms with Crippen LogP contribution in [0.4, 0.5) is 0 Å². The quantitative estimate of drug-likeness (QED) is 0.800.